The Morgan fingerprint density at radius 1 is 1.17 bits per heavy atom. The Hall–Kier alpha value is -2.50. The number of rotatable bonds is 6. The molecule has 1 heterocycles. The monoisotopic (exact) mass is 534 g/mol. The Bertz CT molecular complexity index is 1150. The highest BCUT2D eigenvalue weighted by Gasteiger charge is 2.55. The van der Waals surface area contributed by atoms with Gasteiger partial charge in [0, 0.05) is 24.7 Å². The summed E-state index contributed by atoms with van der Waals surface area (Å²) in [7, 11) is 1.12. The molecule has 0 aliphatic heterocycles. The van der Waals surface area contributed by atoms with Gasteiger partial charge in [-0.25, -0.2) is 0 Å². The summed E-state index contributed by atoms with van der Waals surface area (Å²) in [4.78, 5) is 25.2. The molecule has 2 bridgehead atoms. The van der Waals surface area contributed by atoms with Crippen LogP contribution in [0.5, 0.6) is 5.75 Å². The molecule has 1 aromatic carbocycles. The summed E-state index contributed by atoms with van der Waals surface area (Å²) in [6, 6.07) is 5.31. The molecule has 3 aliphatic rings. The van der Waals surface area contributed by atoms with E-state index in [1.54, 1.807) is 12.1 Å². The Morgan fingerprint density at radius 3 is 2.43 bits per heavy atom. The fourth-order valence-electron chi connectivity index (χ4n) is 4.84. The number of hydrogen-bond acceptors (Lipinski definition) is 5. The van der Waals surface area contributed by atoms with Crippen molar-refractivity contribution >= 4 is 35.0 Å². The lowest BCUT2D eigenvalue weighted by atomic mass is 9.60. The number of nitrogens with one attached hydrogen (secondary N) is 2. The average molecular weight is 535 g/mol. The van der Waals surface area contributed by atoms with Crippen LogP contribution in [0.25, 0.3) is 0 Å². The average Bonchev–Trinajstić information content (AvgIpc) is 3.18. The van der Waals surface area contributed by atoms with Crippen molar-refractivity contribution in [2.24, 2.45) is 7.05 Å². The topological polar surface area (TPSA) is 105 Å². The van der Waals surface area contributed by atoms with Crippen LogP contribution in [0, 0.1) is 0 Å². The van der Waals surface area contributed by atoms with Crippen LogP contribution in [-0.4, -0.2) is 50.5 Å². The molecule has 2 amide bonds. The molecule has 5 rings (SSSR count). The maximum atomic E-state index is 13.0. The van der Waals surface area contributed by atoms with E-state index in [4.69, 9.17) is 27.9 Å². The van der Waals surface area contributed by atoms with Crippen LogP contribution in [0.15, 0.2) is 24.3 Å². The lowest BCUT2D eigenvalue weighted by Crippen LogP contribution is -2.70. The highest BCUT2D eigenvalue weighted by Crippen LogP contribution is 2.47. The minimum absolute atomic E-state index is 0.144. The second kappa shape index (κ2) is 9.18. The minimum Gasteiger partial charge on any atom is -0.484 e. The highest BCUT2D eigenvalue weighted by atomic mass is 35.5. The fourth-order valence-corrected chi connectivity index (χ4v) is 5.13. The van der Waals surface area contributed by atoms with Gasteiger partial charge in [-0.15, -0.1) is 0 Å². The number of aromatic nitrogens is 2. The number of benzene rings is 1. The molecule has 1 aromatic heterocycles. The van der Waals surface area contributed by atoms with Crippen molar-refractivity contribution in [1.82, 2.24) is 20.4 Å². The maximum absolute atomic E-state index is 13.0. The van der Waals surface area contributed by atoms with E-state index in [0.717, 1.165) is 7.05 Å². The van der Waals surface area contributed by atoms with Crippen LogP contribution in [0.3, 0.4) is 0 Å². The third kappa shape index (κ3) is 5.22. The van der Waals surface area contributed by atoms with E-state index in [9.17, 15) is 27.9 Å². The third-order valence-electron chi connectivity index (χ3n) is 6.75. The maximum Gasteiger partial charge on any atom is 0.433 e. The van der Waals surface area contributed by atoms with Crippen molar-refractivity contribution in [2.45, 2.75) is 55.5 Å². The second-order valence-electron chi connectivity index (χ2n) is 9.06. The Kier molecular flexibility index (Phi) is 6.71. The summed E-state index contributed by atoms with van der Waals surface area (Å²) >= 11 is 11.8. The predicted molar refractivity (Wildman–Crippen MR) is 120 cm³/mol. The van der Waals surface area contributed by atoms with E-state index in [-0.39, 0.29) is 23.7 Å². The Morgan fingerprint density at radius 2 is 1.86 bits per heavy atom. The molecule has 0 spiro atoms. The molecule has 3 saturated carbocycles. The quantitative estimate of drug-likeness (QED) is 0.526. The Balaban J connectivity index is 1.36. The largest absolute Gasteiger partial charge is 0.484 e. The first-order chi connectivity index (χ1) is 16.3. The number of hydrogen-bond donors (Lipinski definition) is 3. The van der Waals surface area contributed by atoms with E-state index in [1.807, 2.05) is 0 Å². The first-order valence-electron chi connectivity index (χ1n) is 10.8. The van der Waals surface area contributed by atoms with Crippen molar-refractivity contribution in [3.05, 3.63) is 45.7 Å². The summed E-state index contributed by atoms with van der Waals surface area (Å²) in [5, 5.41) is 20.8. The van der Waals surface area contributed by atoms with E-state index in [0.29, 0.717) is 47.2 Å². The van der Waals surface area contributed by atoms with Crippen LogP contribution in [0.2, 0.25) is 10.0 Å². The second-order valence-corrected chi connectivity index (χ2v) is 9.87. The number of fused-ring (bicyclic) bond motifs is 3. The van der Waals surface area contributed by atoms with Gasteiger partial charge in [-0.2, -0.15) is 18.3 Å². The molecule has 13 heteroatoms. The van der Waals surface area contributed by atoms with Crippen LogP contribution < -0.4 is 15.4 Å². The zero-order valence-electron chi connectivity index (χ0n) is 18.6. The smallest absolute Gasteiger partial charge is 0.433 e. The van der Waals surface area contributed by atoms with Gasteiger partial charge in [0.2, 0.25) is 0 Å². The number of carbonyl (C=O) groups excluding carboxylic acids is 2. The lowest BCUT2D eigenvalue weighted by molar-refractivity contribution is -0.143. The molecule has 0 unspecified atom stereocenters. The van der Waals surface area contributed by atoms with Gasteiger partial charge in [0.1, 0.15) is 11.4 Å². The molecule has 0 radical (unpaired) electrons. The normalized spacial score (nSPS) is 25.9. The van der Waals surface area contributed by atoms with Crippen LogP contribution in [0.1, 0.15) is 48.3 Å². The van der Waals surface area contributed by atoms with Gasteiger partial charge in [0.05, 0.1) is 21.7 Å². The summed E-state index contributed by atoms with van der Waals surface area (Å²) < 4.78 is 45.2. The molecule has 3 N–H and O–H groups in total. The zero-order valence-corrected chi connectivity index (χ0v) is 20.1. The number of halogens is 5. The lowest BCUT2D eigenvalue weighted by Gasteiger charge is -2.56. The van der Waals surface area contributed by atoms with Crippen LogP contribution in [0.4, 0.5) is 13.2 Å². The van der Waals surface area contributed by atoms with E-state index >= 15 is 0 Å². The van der Waals surface area contributed by atoms with Gasteiger partial charge in [-0.1, -0.05) is 23.2 Å². The van der Waals surface area contributed by atoms with Crippen molar-refractivity contribution in [1.29, 1.82) is 0 Å². The first-order valence-corrected chi connectivity index (χ1v) is 11.6. The first kappa shape index (κ1) is 25.6. The van der Waals surface area contributed by atoms with Gasteiger partial charge in [0.15, 0.2) is 12.3 Å². The van der Waals surface area contributed by atoms with Gasteiger partial charge in [-0.05, 0) is 44.2 Å². The Labute approximate surface area is 208 Å². The van der Waals surface area contributed by atoms with Crippen molar-refractivity contribution in [3.8, 4) is 5.75 Å². The molecular weight excluding hydrogens is 512 g/mol. The van der Waals surface area contributed by atoms with Crippen LogP contribution >= 0.6 is 23.2 Å². The summed E-state index contributed by atoms with van der Waals surface area (Å²) in [5.41, 5.74) is -3.05. The number of aliphatic hydroxyl groups is 1. The highest BCUT2D eigenvalue weighted by molar-refractivity contribution is 6.42. The van der Waals surface area contributed by atoms with E-state index in [2.05, 4.69) is 15.7 Å². The zero-order chi connectivity index (χ0) is 25.6. The number of amides is 2. The molecule has 2 aromatic rings. The molecule has 8 nitrogen and oxygen atoms in total. The minimum atomic E-state index is -4.63. The molecule has 190 valence electrons. The van der Waals surface area contributed by atoms with Crippen molar-refractivity contribution in [2.75, 3.05) is 6.61 Å². The van der Waals surface area contributed by atoms with Gasteiger partial charge in [-0.3, -0.25) is 14.3 Å². The third-order valence-corrected chi connectivity index (χ3v) is 7.49. The number of ether oxygens (including phenoxy) is 1. The SMILES string of the molecule is Cn1nc(C(=O)NC23CCC(NC(=O)COc4ccc(Cl)c(Cl)c4)(CC2)[C@@H](O)C3)cc1C(F)(F)F. The van der Waals surface area contributed by atoms with Crippen molar-refractivity contribution in [3.63, 3.8) is 0 Å². The van der Waals surface area contributed by atoms with Crippen LogP contribution in [-0.2, 0) is 18.0 Å². The van der Waals surface area contributed by atoms with E-state index < -0.39 is 40.9 Å². The predicted octanol–water partition coefficient (Wildman–Crippen LogP) is 3.49. The molecule has 1 atom stereocenters. The summed E-state index contributed by atoms with van der Waals surface area (Å²) in [6.07, 6.45) is -3.83. The van der Waals surface area contributed by atoms with Gasteiger partial charge in [0.25, 0.3) is 11.8 Å². The number of carbonyl (C=O) groups is 2. The van der Waals surface area contributed by atoms with Crippen molar-refractivity contribution < 1.29 is 32.6 Å². The fraction of sp³-hybridized carbons (Fsp3) is 0.500. The molecule has 3 aliphatic carbocycles. The van der Waals surface area contributed by atoms with Gasteiger partial charge >= 0.3 is 6.18 Å². The summed E-state index contributed by atoms with van der Waals surface area (Å²) in [5.74, 6) is -0.802. The standard InChI is InChI=1S/C22H23Cl2F3N4O4/c1-31-16(22(25,26)27)9-15(30-31)19(34)29-20-4-6-21(7-5-20,17(32)10-20)28-18(33)11-35-12-2-3-13(23)14(24)8-12/h2-3,8-9,17,32H,4-7,10-11H2,1H3,(H,28,33)(H,29,34)/t17-,20?,21?/m0/s1. The molecule has 0 saturated heterocycles. The number of nitrogens with zero attached hydrogens (tertiary/aromatic N) is 2. The van der Waals surface area contributed by atoms with E-state index in [1.165, 1.54) is 6.07 Å². The number of aliphatic hydroxyl groups excluding tert-OH is 1. The van der Waals surface area contributed by atoms with Gasteiger partial charge < -0.3 is 20.5 Å². The molecular formula is C22H23Cl2F3N4O4. The number of aryl methyl sites for hydroxylation is 1. The number of alkyl halides is 3. The summed E-state index contributed by atoms with van der Waals surface area (Å²) in [6.45, 7) is -0.296. The molecule has 35 heavy (non-hydrogen) atoms. The molecule has 3 fully saturated rings.